The standard InChI is InChI=1S/C16H23N5O4S/c1-11-18-12(20-25-11)9-26-10-13(22)17-7-4-8-21-14(23)16(19-15(21)24)5-2-3-6-16/h2-10H2,1H3,(H,17,22)(H,19,24). The van der Waals surface area contributed by atoms with Crippen LogP contribution in [-0.4, -0.2) is 57.3 Å². The lowest BCUT2D eigenvalue weighted by molar-refractivity contribution is -0.131. The van der Waals surface area contributed by atoms with Crippen molar-refractivity contribution in [2.75, 3.05) is 18.8 Å². The molecule has 4 amide bonds. The number of nitrogens with zero attached hydrogens (tertiary/aromatic N) is 3. The zero-order valence-electron chi connectivity index (χ0n) is 14.7. The zero-order chi connectivity index (χ0) is 18.6. The third-order valence-electron chi connectivity index (χ3n) is 4.62. The lowest BCUT2D eigenvalue weighted by Gasteiger charge is -2.20. The Bertz CT molecular complexity index is 686. The second-order valence-electron chi connectivity index (χ2n) is 6.60. The van der Waals surface area contributed by atoms with Crippen LogP contribution in [0.2, 0.25) is 0 Å². The molecule has 0 aromatic carbocycles. The first-order chi connectivity index (χ1) is 12.5. The molecule has 1 aromatic rings. The highest BCUT2D eigenvalue weighted by Gasteiger charge is 2.51. The van der Waals surface area contributed by atoms with Gasteiger partial charge in [-0.25, -0.2) is 4.79 Å². The summed E-state index contributed by atoms with van der Waals surface area (Å²) in [5.74, 6) is 1.66. The van der Waals surface area contributed by atoms with Gasteiger partial charge in [-0.3, -0.25) is 14.5 Å². The number of carbonyl (C=O) groups excluding carboxylic acids is 3. The average molecular weight is 381 g/mol. The molecule has 10 heteroatoms. The molecule has 1 saturated carbocycles. The van der Waals surface area contributed by atoms with Crippen molar-refractivity contribution in [2.45, 2.75) is 50.3 Å². The van der Waals surface area contributed by atoms with Crippen molar-refractivity contribution < 1.29 is 18.9 Å². The van der Waals surface area contributed by atoms with Crippen LogP contribution < -0.4 is 10.6 Å². The molecule has 1 spiro atoms. The maximum Gasteiger partial charge on any atom is 0.325 e. The van der Waals surface area contributed by atoms with Gasteiger partial charge in [-0.2, -0.15) is 4.98 Å². The summed E-state index contributed by atoms with van der Waals surface area (Å²) in [5.41, 5.74) is -0.662. The number of hydrogen-bond acceptors (Lipinski definition) is 7. The van der Waals surface area contributed by atoms with Crippen molar-refractivity contribution in [1.29, 1.82) is 0 Å². The molecular weight excluding hydrogens is 358 g/mol. The Kier molecular flexibility index (Phi) is 5.80. The molecule has 0 unspecified atom stereocenters. The summed E-state index contributed by atoms with van der Waals surface area (Å²) < 4.78 is 4.86. The first kappa shape index (κ1) is 18.7. The number of imide groups is 1. The Morgan fingerprint density at radius 3 is 2.85 bits per heavy atom. The second-order valence-corrected chi connectivity index (χ2v) is 7.59. The first-order valence-corrected chi connectivity index (χ1v) is 9.93. The van der Waals surface area contributed by atoms with E-state index in [1.54, 1.807) is 6.92 Å². The molecule has 1 aliphatic carbocycles. The predicted octanol–water partition coefficient (Wildman–Crippen LogP) is 0.982. The molecule has 1 aromatic heterocycles. The van der Waals surface area contributed by atoms with Gasteiger partial charge in [0.05, 0.1) is 11.5 Å². The fourth-order valence-electron chi connectivity index (χ4n) is 3.35. The van der Waals surface area contributed by atoms with Crippen molar-refractivity contribution in [3.63, 3.8) is 0 Å². The maximum absolute atomic E-state index is 12.5. The molecule has 3 rings (SSSR count). The lowest BCUT2D eigenvalue weighted by atomic mass is 9.98. The number of urea groups is 1. The van der Waals surface area contributed by atoms with Gasteiger partial charge in [-0.05, 0) is 19.3 Å². The van der Waals surface area contributed by atoms with Crippen LogP contribution >= 0.6 is 11.8 Å². The van der Waals surface area contributed by atoms with Crippen LogP contribution in [0.25, 0.3) is 0 Å². The summed E-state index contributed by atoms with van der Waals surface area (Å²) in [6, 6.07) is -0.311. The first-order valence-electron chi connectivity index (χ1n) is 8.78. The van der Waals surface area contributed by atoms with Gasteiger partial charge in [0, 0.05) is 20.0 Å². The molecule has 9 nitrogen and oxygen atoms in total. The highest BCUT2D eigenvalue weighted by atomic mass is 32.2. The number of carbonyl (C=O) groups is 3. The Morgan fingerprint density at radius 2 is 2.15 bits per heavy atom. The summed E-state index contributed by atoms with van der Waals surface area (Å²) in [4.78, 5) is 41.7. The Morgan fingerprint density at radius 1 is 1.38 bits per heavy atom. The molecule has 26 heavy (non-hydrogen) atoms. The Labute approximate surface area is 155 Å². The van der Waals surface area contributed by atoms with E-state index >= 15 is 0 Å². The SMILES string of the molecule is Cc1nc(CSCC(=O)NCCCN2C(=O)NC3(CCCC3)C2=O)no1. The van der Waals surface area contributed by atoms with Crippen LogP contribution in [0.5, 0.6) is 0 Å². The predicted molar refractivity (Wildman–Crippen MR) is 94.3 cm³/mol. The van der Waals surface area contributed by atoms with E-state index in [2.05, 4.69) is 20.8 Å². The smallest absolute Gasteiger partial charge is 0.325 e. The molecule has 142 valence electrons. The van der Waals surface area contributed by atoms with Crippen molar-refractivity contribution in [3.8, 4) is 0 Å². The van der Waals surface area contributed by atoms with Crippen LogP contribution in [0.4, 0.5) is 4.79 Å². The number of nitrogens with one attached hydrogen (secondary N) is 2. The molecular formula is C16H23N5O4S. The third-order valence-corrected chi connectivity index (χ3v) is 5.55. The van der Waals surface area contributed by atoms with Gasteiger partial charge in [-0.15, -0.1) is 11.8 Å². The van der Waals surface area contributed by atoms with E-state index in [1.165, 1.54) is 16.7 Å². The van der Waals surface area contributed by atoms with Gasteiger partial charge < -0.3 is 15.2 Å². The van der Waals surface area contributed by atoms with Crippen molar-refractivity contribution in [3.05, 3.63) is 11.7 Å². The van der Waals surface area contributed by atoms with Crippen LogP contribution in [0.3, 0.4) is 0 Å². The third kappa shape index (κ3) is 4.17. The van der Waals surface area contributed by atoms with E-state index in [1.807, 2.05) is 0 Å². The normalized spacial score (nSPS) is 18.6. The van der Waals surface area contributed by atoms with Crippen LogP contribution in [0.15, 0.2) is 4.52 Å². The van der Waals surface area contributed by atoms with E-state index in [9.17, 15) is 14.4 Å². The van der Waals surface area contributed by atoms with Crippen LogP contribution in [-0.2, 0) is 15.3 Å². The highest BCUT2D eigenvalue weighted by Crippen LogP contribution is 2.34. The van der Waals surface area contributed by atoms with Crippen molar-refractivity contribution >= 4 is 29.6 Å². The number of rotatable bonds is 8. The quantitative estimate of drug-likeness (QED) is 0.509. The molecule has 1 aliphatic heterocycles. The molecule has 2 N–H and O–H groups in total. The molecule has 1 saturated heterocycles. The minimum absolute atomic E-state index is 0.0975. The molecule has 0 radical (unpaired) electrons. The van der Waals surface area contributed by atoms with E-state index in [0.29, 0.717) is 42.7 Å². The van der Waals surface area contributed by atoms with E-state index < -0.39 is 5.54 Å². The maximum atomic E-state index is 12.5. The number of hydrogen-bond donors (Lipinski definition) is 2. The number of amides is 4. The molecule has 2 aliphatic rings. The summed E-state index contributed by atoms with van der Waals surface area (Å²) in [7, 11) is 0. The monoisotopic (exact) mass is 381 g/mol. The van der Waals surface area contributed by atoms with E-state index in [0.717, 1.165) is 25.7 Å². The number of aryl methyl sites for hydroxylation is 1. The van der Waals surface area contributed by atoms with Gasteiger partial charge in [0.25, 0.3) is 5.91 Å². The second kappa shape index (κ2) is 8.07. The Balaban J connectivity index is 1.32. The van der Waals surface area contributed by atoms with E-state index in [4.69, 9.17) is 4.52 Å². The van der Waals surface area contributed by atoms with Crippen molar-refractivity contribution in [2.24, 2.45) is 0 Å². The summed E-state index contributed by atoms with van der Waals surface area (Å²) in [5, 5.41) is 9.41. The fraction of sp³-hybridized carbons (Fsp3) is 0.688. The van der Waals surface area contributed by atoms with Gasteiger partial charge >= 0.3 is 6.03 Å². The van der Waals surface area contributed by atoms with Gasteiger partial charge in [0.2, 0.25) is 11.8 Å². The molecule has 0 atom stereocenters. The molecule has 2 fully saturated rings. The number of thioether (sulfide) groups is 1. The fourth-order valence-corrected chi connectivity index (χ4v) is 4.04. The zero-order valence-corrected chi connectivity index (χ0v) is 15.6. The highest BCUT2D eigenvalue weighted by molar-refractivity contribution is 7.99. The molecule has 0 bridgehead atoms. The van der Waals surface area contributed by atoms with Crippen molar-refractivity contribution in [1.82, 2.24) is 25.7 Å². The van der Waals surface area contributed by atoms with Crippen LogP contribution in [0, 0.1) is 6.92 Å². The topological polar surface area (TPSA) is 117 Å². The minimum atomic E-state index is -0.662. The van der Waals surface area contributed by atoms with Crippen LogP contribution in [0.1, 0.15) is 43.8 Å². The van der Waals surface area contributed by atoms with E-state index in [-0.39, 0.29) is 17.8 Å². The summed E-state index contributed by atoms with van der Waals surface area (Å²) >= 11 is 1.40. The Hall–Kier alpha value is -2.10. The molecule has 2 heterocycles. The number of aromatic nitrogens is 2. The van der Waals surface area contributed by atoms with Gasteiger partial charge in [-0.1, -0.05) is 18.0 Å². The van der Waals surface area contributed by atoms with Gasteiger partial charge in [0.1, 0.15) is 5.54 Å². The van der Waals surface area contributed by atoms with Gasteiger partial charge in [0.15, 0.2) is 5.82 Å². The largest absolute Gasteiger partial charge is 0.355 e. The lowest BCUT2D eigenvalue weighted by Crippen LogP contribution is -2.44. The average Bonchev–Trinajstić information content (AvgIpc) is 3.29. The minimum Gasteiger partial charge on any atom is -0.355 e. The summed E-state index contributed by atoms with van der Waals surface area (Å²) in [6.07, 6.45) is 3.92. The summed E-state index contributed by atoms with van der Waals surface area (Å²) in [6.45, 7) is 2.46.